The van der Waals surface area contributed by atoms with Crippen LogP contribution in [0, 0.1) is 10.1 Å². The molecule has 0 radical (unpaired) electrons. The Hall–Kier alpha value is -3.85. The molecule has 29 heavy (non-hydrogen) atoms. The van der Waals surface area contributed by atoms with E-state index in [1.165, 1.54) is 40.2 Å². The fraction of sp³-hybridized carbons (Fsp3) is 0.0500. The Labute approximate surface area is 167 Å². The average Bonchev–Trinajstić information content (AvgIpc) is 3.22. The number of para-hydroxylation sites is 1. The number of hydrogen-bond donors (Lipinski definition) is 0. The zero-order valence-electron chi connectivity index (χ0n) is 14.8. The normalized spacial score (nSPS) is 10.9. The van der Waals surface area contributed by atoms with Crippen molar-refractivity contribution in [3.05, 3.63) is 103 Å². The van der Waals surface area contributed by atoms with Gasteiger partial charge in [0.05, 0.1) is 22.7 Å². The van der Waals surface area contributed by atoms with E-state index in [4.69, 9.17) is 0 Å². The number of Topliss-reactive ketones (excluding diaryl/α,β-unsaturated/α-hetero) is 1. The lowest BCUT2D eigenvalue weighted by Gasteiger charge is -2.12. The summed E-state index contributed by atoms with van der Waals surface area (Å²) in [4.78, 5) is 49.1. The minimum absolute atomic E-state index is 0.118. The Morgan fingerprint density at radius 2 is 1.79 bits per heavy atom. The van der Waals surface area contributed by atoms with E-state index in [1.54, 1.807) is 41.8 Å². The molecule has 0 fully saturated rings. The van der Waals surface area contributed by atoms with E-state index in [1.807, 2.05) is 0 Å². The first kappa shape index (κ1) is 18.5. The molecule has 2 aromatic heterocycles. The highest BCUT2D eigenvalue weighted by Gasteiger charge is 2.19. The molecule has 0 amide bonds. The van der Waals surface area contributed by atoms with Crippen LogP contribution in [0.2, 0.25) is 0 Å². The highest BCUT2D eigenvalue weighted by atomic mass is 32.1. The summed E-state index contributed by atoms with van der Waals surface area (Å²) >= 11 is 1.18. The molecular weight excluding hydrogens is 394 g/mol. The summed E-state index contributed by atoms with van der Waals surface area (Å²) in [6.07, 6.45) is 0. The van der Waals surface area contributed by atoms with Gasteiger partial charge in [0.25, 0.3) is 11.2 Å². The van der Waals surface area contributed by atoms with E-state index in [9.17, 15) is 24.5 Å². The van der Waals surface area contributed by atoms with Crippen LogP contribution in [0.5, 0.6) is 0 Å². The van der Waals surface area contributed by atoms with Crippen molar-refractivity contribution in [3.63, 3.8) is 0 Å². The third-order valence-electron chi connectivity index (χ3n) is 4.45. The lowest BCUT2D eigenvalue weighted by Crippen LogP contribution is -2.39. The molecule has 0 bridgehead atoms. The summed E-state index contributed by atoms with van der Waals surface area (Å²) in [6, 6.07) is 15.4. The van der Waals surface area contributed by atoms with Crippen molar-refractivity contribution in [2.75, 3.05) is 0 Å². The largest absolute Gasteiger partial charge is 0.336 e. The molecule has 4 aromatic rings. The smallest absolute Gasteiger partial charge is 0.292 e. The Kier molecular flexibility index (Phi) is 4.65. The lowest BCUT2D eigenvalue weighted by molar-refractivity contribution is -0.384. The molecule has 0 atom stereocenters. The van der Waals surface area contributed by atoms with Gasteiger partial charge >= 0.3 is 5.69 Å². The van der Waals surface area contributed by atoms with Gasteiger partial charge in [0.2, 0.25) is 0 Å². The Morgan fingerprint density at radius 3 is 2.52 bits per heavy atom. The van der Waals surface area contributed by atoms with E-state index in [0.717, 1.165) is 4.57 Å². The fourth-order valence-electron chi connectivity index (χ4n) is 3.07. The van der Waals surface area contributed by atoms with Crippen LogP contribution in [-0.2, 0) is 6.54 Å². The minimum Gasteiger partial charge on any atom is -0.292 e. The molecule has 2 aromatic carbocycles. The van der Waals surface area contributed by atoms with E-state index < -0.39 is 22.0 Å². The number of non-ortho nitro benzene ring substituents is 1. The van der Waals surface area contributed by atoms with Crippen molar-refractivity contribution in [2.24, 2.45) is 0 Å². The first-order chi connectivity index (χ1) is 14.0. The summed E-state index contributed by atoms with van der Waals surface area (Å²) in [6.45, 7) is -0.347. The van der Waals surface area contributed by atoms with Gasteiger partial charge in [0.1, 0.15) is 4.70 Å². The van der Waals surface area contributed by atoms with Gasteiger partial charge in [-0.05, 0) is 23.6 Å². The molecule has 0 saturated carbocycles. The van der Waals surface area contributed by atoms with Crippen LogP contribution in [0.15, 0.2) is 75.6 Å². The standard InChI is InChI=1S/C20H13N3O5S/c24-17(13-5-4-8-15(11-13)23(27)28)12-21-16-9-10-29-18(16)19(25)22(20(21)26)14-6-2-1-3-7-14/h1-11H,12H2. The van der Waals surface area contributed by atoms with Gasteiger partial charge in [-0.25, -0.2) is 9.36 Å². The number of nitro benzene ring substituents is 1. The van der Waals surface area contributed by atoms with Crippen LogP contribution in [-0.4, -0.2) is 19.8 Å². The molecule has 0 aliphatic heterocycles. The number of carbonyl (C=O) groups is 1. The summed E-state index contributed by atoms with van der Waals surface area (Å²) in [5, 5.41) is 12.6. The quantitative estimate of drug-likeness (QED) is 0.287. The average molecular weight is 407 g/mol. The molecule has 0 N–H and O–H groups in total. The number of aromatic nitrogens is 2. The van der Waals surface area contributed by atoms with Crippen molar-refractivity contribution in [2.45, 2.75) is 6.54 Å². The number of ketones is 1. The van der Waals surface area contributed by atoms with Crippen LogP contribution in [0.25, 0.3) is 15.9 Å². The van der Waals surface area contributed by atoms with Crippen LogP contribution < -0.4 is 11.2 Å². The second-order valence-corrected chi connectivity index (χ2v) is 7.13. The fourth-order valence-corrected chi connectivity index (χ4v) is 3.90. The summed E-state index contributed by atoms with van der Waals surface area (Å²) in [7, 11) is 0. The first-order valence-electron chi connectivity index (χ1n) is 8.53. The van der Waals surface area contributed by atoms with Crippen molar-refractivity contribution < 1.29 is 9.72 Å². The third-order valence-corrected chi connectivity index (χ3v) is 5.34. The molecule has 8 nitrogen and oxygen atoms in total. The number of nitro groups is 1. The van der Waals surface area contributed by atoms with Crippen molar-refractivity contribution in [1.82, 2.24) is 9.13 Å². The Morgan fingerprint density at radius 1 is 1.03 bits per heavy atom. The summed E-state index contributed by atoms with van der Waals surface area (Å²) in [5.74, 6) is -0.471. The van der Waals surface area contributed by atoms with Crippen LogP contribution in [0.3, 0.4) is 0 Å². The summed E-state index contributed by atoms with van der Waals surface area (Å²) in [5.41, 5.74) is -0.438. The van der Waals surface area contributed by atoms with Gasteiger partial charge in [-0.15, -0.1) is 11.3 Å². The number of benzene rings is 2. The van der Waals surface area contributed by atoms with E-state index >= 15 is 0 Å². The van der Waals surface area contributed by atoms with Crippen molar-refractivity contribution in [1.29, 1.82) is 0 Å². The molecule has 9 heteroatoms. The molecule has 0 saturated heterocycles. The maximum atomic E-state index is 13.1. The first-order valence-corrected chi connectivity index (χ1v) is 9.41. The van der Waals surface area contributed by atoms with E-state index in [0.29, 0.717) is 15.9 Å². The maximum absolute atomic E-state index is 13.1. The number of carbonyl (C=O) groups excluding carboxylic acids is 1. The number of hydrogen-bond acceptors (Lipinski definition) is 6. The van der Waals surface area contributed by atoms with Gasteiger partial charge in [0.15, 0.2) is 5.78 Å². The Balaban J connectivity index is 1.86. The molecule has 144 valence electrons. The molecule has 0 unspecified atom stereocenters. The minimum atomic E-state index is -0.647. The molecule has 0 spiro atoms. The number of nitrogens with zero attached hydrogens (tertiary/aromatic N) is 3. The predicted molar refractivity (Wildman–Crippen MR) is 109 cm³/mol. The number of rotatable bonds is 5. The number of fused-ring (bicyclic) bond motifs is 1. The number of thiophene rings is 1. The van der Waals surface area contributed by atoms with Gasteiger partial charge in [-0.1, -0.05) is 30.3 Å². The highest BCUT2D eigenvalue weighted by molar-refractivity contribution is 7.17. The Bertz CT molecular complexity index is 1370. The van der Waals surface area contributed by atoms with Gasteiger partial charge in [-0.2, -0.15) is 0 Å². The molecule has 4 rings (SSSR count). The molecular formula is C20H13N3O5S. The highest BCUT2D eigenvalue weighted by Crippen LogP contribution is 2.18. The SMILES string of the molecule is O=C(Cn1c(=O)n(-c2ccccc2)c(=O)c2sccc21)c1cccc([N+](=O)[O-])c1. The third kappa shape index (κ3) is 3.27. The second kappa shape index (κ2) is 7.28. The predicted octanol–water partition coefficient (Wildman–Crippen LogP) is 3.01. The van der Waals surface area contributed by atoms with Crippen molar-refractivity contribution >= 4 is 33.0 Å². The van der Waals surface area contributed by atoms with Gasteiger partial charge in [-0.3, -0.25) is 24.3 Å². The van der Waals surface area contributed by atoms with Crippen LogP contribution in [0.4, 0.5) is 5.69 Å². The second-order valence-electron chi connectivity index (χ2n) is 6.21. The zero-order chi connectivity index (χ0) is 20.5. The summed E-state index contributed by atoms with van der Waals surface area (Å²) < 4.78 is 2.60. The zero-order valence-corrected chi connectivity index (χ0v) is 15.7. The van der Waals surface area contributed by atoms with E-state index in [2.05, 4.69) is 0 Å². The molecule has 2 heterocycles. The van der Waals surface area contributed by atoms with Crippen molar-refractivity contribution in [3.8, 4) is 5.69 Å². The van der Waals surface area contributed by atoms with Crippen LogP contribution >= 0.6 is 11.3 Å². The van der Waals surface area contributed by atoms with Gasteiger partial charge in [0, 0.05) is 17.7 Å². The molecule has 0 aliphatic carbocycles. The lowest BCUT2D eigenvalue weighted by atomic mass is 10.1. The topological polar surface area (TPSA) is 104 Å². The monoisotopic (exact) mass is 407 g/mol. The van der Waals surface area contributed by atoms with Gasteiger partial charge < -0.3 is 0 Å². The van der Waals surface area contributed by atoms with E-state index in [-0.39, 0.29) is 17.8 Å². The maximum Gasteiger partial charge on any atom is 0.336 e. The van der Waals surface area contributed by atoms with Crippen LogP contribution in [0.1, 0.15) is 10.4 Å². The molecule has 0 aliphatic rings.